The highest BCUT2D eigenvalue weighted by atomic mass is 35.5. The third kappa shape index (κ3) is 9.01. The fourth-order valence-electron chi connectivity index (χ4n) is 5.43. The number of nitrogens with zero attached hydrogens (tertiary/aromatic N) is 3. The van der Waals surface area contributed by atoms with Crippen LogP contribution in [0.5, 0.6) is 0 Å². The smallest absolute Gasteiger partial charge is 0.334 e. The first-order valence-electron chi connectivity index (χ1n) is 15.0. The zero-order valence-electron chi connectivity index (χ0n) is 24.8. The quantitative estimate of drug-likeness (QED) is 0.264. The van der Waals surface area contributed by atoms with Gasteiger partial charge in [0, 0.05) is 49.6 Å². The molecule has 3 heterocycles. The summed E-state index contributed by atoms with van der Waals surface area (Å²) in [5, 5.41) is 20.9. The van der Waals surface area contributed by atoms with Crippen molar-refractivity contribution in [1.29, 1.82) is 5.26 Å². The number of aromatic nitrogens is 2. The summed E-state index contributed by atoms with van der Waals surface area (Å²) in [6.45, 7) is 8.13. The molecule has 11 heteroatoms. The Morgan fingerprint density at radius 3 is 2.64 bits per heavy atom. The van der Waals surface area contributed by atoms with E-state index in [0.717, 1.165) is 42.8 Å². The molecule has 0 aromatic carbocycles. The number of carbonyl (C=O) groups is 1. The lowest BCUT2D eigenvalue weighted by molar-refractivity contribution is -0.155. The van der Waals surface area contributed by atoms with Gasteiger partial charge in [0.2, 0.25) is 0 Å². The van der Waals surface area contributed by atoms with Crippen molar-refractivity contribution in [3.63, 3.8) is 0 Å². The van der Waals surface area contributed by atoms with Crippen LogP contribution in [0.3, 0.4) is 0 Å². The largest absolute Gasteiger partial charge is 0.464 e. The highest BCUT2D eigenvalue weighted by Gasteiger charge is 2.32. The van der Waals surface area contributed by atoms with Crippen LogP contribution in [-0.4, -0.2) is 73.1 Å². The van der Waals surface area contributed by atoms with Crippen molar-refractivity contribution in [2.24, 2.45) is 5.41 Å². The second kappa shape index (κ2) is 15.5. The minimum absolute atomic E-state index is 0.136. The molecule has 1 saturated carbocycles. The van der Waals surface area contributed by atoms with Crippen molar-refractivity contribution in [2.75, 3.05) is 43.6 Å². The molecule has 10 nitrogen and oxygen atoms in total. The van der Waals surface area contributed by atoms with Crippen LogP contribution in [0, 0.1) is 16.7 Å². The Hall–Kier alpha value is -2.97. The predicted molar refractivity (Wildman–Crippen MR) is 163 cm³/mol. The fourth-order valence-corrected chi connectivity index (χ4v) is 5.63. The Morgan fingerprint density at radius 1 is 1.19 bits per heavy atom. The van der Waals surface area contributed by atoms with Crippen LogP contribution >= 0.6 is 11.6 Å². The van der Waals surface area contributed by atoms with E-state index in [1.807, 2.05) is 24.3 Å². The van der Waals surface area contributed by atoms with E-state index in [4.69, 9.17) is 30.8 Å². The minimum Gasteiger partial charge on any atom is -0.464 e. The Morgan fingerprint density at radius 2 is 1.93 bits per heavy atom. The van der Waals surface area contributed by atoms with Gasteiger partial charge in [0.15, 0.2) is 6.10 Å². The van der Waals surface area contributed by atoms with Crippen LogP contribution in [0.1, 0.15) is 59.3 Å². The lowest BCUT2D eigenvalue weighted by Gasteiger charge is -2.32. The van der Waals surface area contributed by atoms with Gasteiger partial charge in [0.05, 0.1) is 35.4 Å². The first-order valence-corrected chi connectivity index (χ1v) is 15.4. The summed E-state index contributed by atoms with van der Waals surface area (Å²) < 4.78 is 16.1. The number of rotatable bonds is 13. The normalized spacial score (nSPS) is 21.5. The third-order valence-electron chi connectivity index (χ3n) is 7.99. The molecular weight excluding hydrogens is 556 g/mol. The molecule has 2 fully saturated rings. The molecule has 2 aliphatic rings. The van der Waals surface area contributed by atoms with E-state index in [-0.39, 0.29) is 12.0 Å². The summed E-state index contributed by atoms with van der Waals surface area (Å²) in [4.78, 5) is 21.1. The number of ether oxygens (including phenoxy) is 3. The number of anilines is 2. The zero-order chi connectivity index (χ0) is 30.0. The maximum Gasteiger partial charge on any atom is 0.334 e. The Kier molecular flexibility index (Phi) is 11.8. The molecular formula is C31H43ClN6O4. The highest BCUT2D eigenvalue weighted by molar-refractivity contribution is 6.33. The maximum absolute atomic E-state index is 11.8. The van der Waals surface area contributed by atoms with Gasteiger partial charge in [-0.1, -0.05) is 17.7 Å². The van der Waals surface area contributed by atoms with Gasteiger partial charge < -0.3 is 30.2 Å². The summed E-state index contributed by atoms with van der Waals surface area (Å²) in [5.74, 6) is 1.15. The second-order valence-electron chi connectivity index (χ2n) is 11.3. The van der Waals surface area contributed by atoms with Gasteiger partial charge in [-0.2, -0.15) is 5.26 Å². The molecule has 2 atom stereocenters. The van der Waals surface area contributed by atoms with Crippen LogP contribution in [0.2, 0.25) is 5.02 Å². The number of nitriles is 1. The SMILES string of the molecule is CCOC(=O)[C@@H](C)OCC(C)NC1CCC(Nc2cc(-c3cccc(NCC4(C#N)CCOCC4)n3)c(Cl)cn2)CC1. The molecule has 0 spiro atoms. The van der Waals surface area contributed by atoms with Crippen LogP contribution in [0.15, 0.2) is 30.5 Å². The van der Waals surface area contributed by atoms with Crippen molar-refractivity contribution >= 4 is 29.2 Å². The van der Waals surface area contributed by atoms with Gasteiger partial charge in [0.1, 0.15) is 11.6 Å². The molecule has 1 saturated heterocycles. The van der Waals surface area contributed by atoms with E-state index in [1.54, 1.807) is 20.0 Å². The molecule has 1 aliphatic carbocycles. The summed E-state index contributed by atoms with van der Waals surface area (Å²) in [6, 6.07) is 11.1. The summed E-state index contributed by atoms with van der Waals surface area (Å²) >= 11 is 6.56. The van der Waals surface area contributed by atoms with Crippen LogP contribution in [0.4, 0.5) is 11.6 Å². The van der Waals surface area contributed by atoms with Gasteiger partial charge in [-0.3, -0.25) is 0 Å². The van der Waals surface area contributed by atoms with Gasteiger partial charge >= 0.3 is 5.97 Å². The standard InChI is InChI=1S/C31H43ClN6O4/c1-4-41-30(39)22(3)42-18-21(2)36-23-8-10-24(11-9-23)37-29-16-25(26(32)17-34-29)27-6-5-7-28(38-27)35-20-31(19-33)12-14-40-15-13-31/h5-7,16-17,21-24,36H,4,8-15,18,20H2,1-3H3,(H,34,37)(H,35,38)/t21?,22-,23?,24?/m1/s1. The van der Waals surface area contributed by atoms with E-state index >= 15 is 0 Å². The number of esters is 1. The van der Waals surface area contributed by atoms with Gasteiger partial charge in [0.25, 0.3) is 0 Å². The molecule has 42 heavy (non-hydrogen) atoms. The number of nitrogens with one attached hydrogen (secondary N) is 3. The summed E-state index contributed by atoms with van der Waals surface area (Å²) in [6.07, 6.45) is 6.60. The highest BCUT2D eigenvalue weighted by Crippen LogP contribution is 2.32. The summed E-state index contributed by atoms with van der Waals surface area (Å²) in [5.41, 5.74) is 1.11. The molecule has 3 N–H and O–H groups in total. The van der Waals surface area contributed by atoms with Crippen LogP contribution in [0.25, 0.3) is 11.3 Å². The first-order chi connectivity index (χ1) is 20.3. The molecule has 1 aliphatic heterocycles. The van der Waals surface area contributed by atoms with Crippen LogP contribution in [-0.2, 0) is 19.0 Å². The van der Waals surface area contributed by atoms with Crippen molar-refractivity contribution in [3.8, 4) is 17.3 Å². The van der Waals surface area contributed by atoms with Gasteiger partial charge in [-0.05, 0) is 77.5 Å². The number of hydrogen-bond acceptors (Lipinski definition) is 10. The average Bonchev–Trinajstić information content (AvgIpc) is 3.01. The molecule has 228 valence electrons. The molecule has 2 aromatic rings. The predicted octanol–water partition coefficient (Wildman–Crippen LogP) is 5.20. The lowest BCUT2D eigenvalue weighted by atomic mass is 9.82. The molecule has 0 amide bonds. The zero-order valence-corrected chi connectivity index (χ0v) is 25.6. The van der Waals surface area contributed by atoms with E-state index in [9.17, 15) is 10.1 Å². The van der Waals surface area contributed by atoms with Gasteiger partial charge in [-0.25, -0.2) is 14.8 Å². The van der Waals surface area contributed by atoms with E-state index in [0.29, 0.717) is 68.7 Å². The molecule has 0 radical (unpaired) electrons. The molecule has 0 bridgehead atoms. The van der Waals surface area contributed by atoms with Crippen molar-refractivity contribution in [1.82, 2.24) is 15.3 Å². The maximum atomic E-state index is 11.8. The molecule has 2 aromatic heterocycles. The van der Waals surface area contributed by atoms with Crippen molar-refractivity contribution < 1.29 is 19.0 Å². The Bertz CT molecular complexity index is 1210. The minimum atomic E-state index is -0.562. The average molecular weight is 599 g/mol. The monoisotopic (exact) mass is 598 g/mol. The second-order valence-corrected chi connectivity index (χ2v) is 11.7. The number of carbonyl (C=O) groups excluding carboxylic acids is 1. The number of hydrogen-bond donors (Lipinski definition) is 3. The fraction of sp³-hybridized carbons (Fsp3) is 0.613. The van der Waals surface area contributed by atoms with E-state index in [1.165, 1.54) is 0 Å². The van der Waals surface area contributed by atoms with E-state index in [2.05, 4.69) is 33.9 Å². The van der Waals surface area contributed by atoms with Crippen LogP contribution < -0.4 is 16.0 Å². The van der Waals surface area contributed by atoms with Crippen molar-refractivity contribution in [2.45, 2.75) is 83.5 Å². The molecule has 4 rings (SSSR count). The van der Waals surface area contributed by atoms with Gasteiger partial charge in [-0.15, -0.1) is 0 Å². The third-order valence-corrected chi connectivity index (χ3v) is 8.29. The van der Waals surface area contributed by atoms with Crippen molar-refractivity contribution in [3.05, 3.63) is 35.5 Å². The first kappa shape index (κ1) is 32.0. The number of pyridine rings is 2. The number of halogens is 1. The Labute approximate surface area is 253 Å². The van der Waals surface area contributed by atoms with E-state index < -0.39 is 11.5 Å². The topological polar surface area (TPSA) is 130 Å². The molecule has 1 unspecified atom stereocenters. The lowest BCUT2D eigenvalue weighted by Crippen LogP contribution is -2.43. The Balaban J connectivity index is 1.28. The summed E-state index contributed by atoms with van der Waals surface area (Å²) in [7, 11) is 0.